The van der Waals surface area contributed by atoms with Crippen LogP contribution in [-0.2, 0) is 11.2 Å². The standard InChI is InChI=1S/C21H24ClO5/c1-3-26-16-7-4-13(5-8-16)10-15-11-14(6-9-17(15)22)21-20(25)19(24)18(23)12(2)27-21/h4-9,11-12,18-21,23-25H,2-3,10H2,1H3/t12-,18-,19-,20-,21+/m1/s1. The second-order valence-corrected chi connectivity index (χ2v) is 7.08. The molecule has 6 heteroatoms. The van der Waals surface area contributed by atoms with E-state index in [2.05, 4.69) is 6.92 Å². The third-order valence-electron chi connectivity index (χ3n) is 4.74. The smallest absolute Gasteiger partial charge is 0.119 e. The predicted molar refractivity (Wildman–Crippen MR) is 103 cm³/mol. The van der Waals surface area contributed by atoms with Crippen LogP contribution in [-0.4, -0.2) is 46.3 Å². The minimum Gasteiger partial charge on any atom is -0.494 e. The Morgan fingerprint density at radius 1 is 1.04 bits per heavy atom. The van der Waals surface area contributed by atoms with Gasteiger partial charge in [-0.2, -0.15) is 0 Å². The van der Waals surface area contributed by atoms with Crippen LogP contribution in [0.15, 0.2) is 42.5 Å². The molecule has 1 aliphatic rings. The molecule has 0 bridgehead atoms. The first-order valence-corrected chi connectivity index (χ1v) is 9.31. The average molecular weight is 392 g/mol. The molecule has 5 nitrogen and oxygen atoms in total. The summed E-state index contributed by atoms with van der Waals surface area (Å²) in [6.45, 7) is 6.24. The molecular formula is C21H24ClO5. The van der Waals surface area contributed by atoms with Gasteiger partial charge in [0.05, 0.1) is 12.7 Å². The van der Waals surface area contributed by atoms with Gasteiger partial charge in [-0.05, 0) is 55.2 Å². The van der Waals surface area contributed by atoms with Gasteiger partial charge in [-0.3, -0.25) is 0 Å². The van der Waals surface area contributed by atoms with Crippen molar-refractivity contribution in [1.82, 2.24) is 0 Å². The summed E-state index contributed by atoms with van der Waals surface area (Å²) in [6, 6.07) is 13.1. The minimum atomic E-state index is -1.32. The number of aliphatic hydroxyl groups is 3. The molecule has 145 valence electrons. The lowest BCUT2D eigenvalue weighted by molar-refractivity contribution is -0.212. The maximum absolute atomic E-state index is 10.3. The van der Waals surface area contributed by atoms with E-state index in [1.54, 1.807) is 12.1 Å². The van der Waals surface area contributed by atoms with E-state index < -0.39 is 30.5 Å². The van der Waals surface area contributed by atoms with E-state index >= 15 is 0 Å². The molecule has 3 N–H and O–H groups in total. The SMILES string of the molecule is [CH2][C@H]1O[C@@H](c2ccc(Cl)c(Cc3ccc(OCC)cc3)c2)[C@H](O)[C@H](O)[C@@H]1O. The van der Waals surface area contributed by atoms with Gasteiger partial charge in [0.15, 0.2) is 0 Å². The summed E-state index contributed by atoms with van der Waals surface area (Å²) in [5, 5.41) is 30.7. The Hall–Kier alpha value is -1.63. The topological polar surface area (TPSA) is 79.2 Å². The van der Waals surface area contributed by atoms with Crippen LogP contribution in [0.2, 0.25) is 5.02 Å². The first-order chi connectivity index (χ1) is 12.9. The first-order valence-electron chi connectivity index (χ1n) is 8.93. The van der Waals surface area contributed by atoms with Crippen LogP contribution >= 0.6 is 11.6 Å². The summed E-state index contributed by atoms with van der Waals surface area (Å²) in [5.74, 6) is 0.814. The average Bonchev–Trinajstić information content (AvgIpc) is 2.66. The summed E-state index contributed by atoms with van der Waals surface area (Å²) in [7, 11) is 0. The van der Waals surface area contributed by atoms with Crippen LogP contribution in [0, 0.1) is 6.92 Å². The van der Waals surface area contributed by atoms with E-state index in [0.717, 1.165) is 16.9 Å². The Labute approximate surface area is 164 Å². The van der Waals surface area contributed by atoms with Gasteiger partial charge in [0.1, 0.15) is 30.2 Å². The largest absolute Gasteiger partial charge is 0.494 e. The second kappa shape index (κ2) is 8.59. The van der Waals surface area contributed by atoms with Crippen LogP contribution in [0.25, 0.3) is 0 Å². The molecule has 0 spiro atoms. The van der Waals surface area contributed by atoms with Gasteiger partial charge >= 0.3 is 0 Å². The number of rotatable bonds is 5. The van der Waals surface area contributed by atoms with Crippen LogP contribution in [0.4, 0.5) is 0 Å². The van der Waals surface area contributed by atoms with Crippen LogP contribution in [0.1, 0.15) is 29.7 Å². The number of hydrogen-bond donors (Lipinski definition) is 3. The van der Waals surface area contributed by atoms with Crippen molar-refractivity contribution >= 4 is 11.6 Å². The van der Waals surface area contributed by atoms with Gasteiger partial charge in [-0.15, -0.1) is 0 Å². The lowest BCUT2D eigenvalue weighted by Crippen LogP contribution is -2.53. The number of hydrogen-bond acceptors (Lipinski definition) is 5. The third-order valence-corrected chi connectivity index (χ3v) is 5.11. The molecule has 0 saturated carbocycles. The van der Waals surface area contributed by atoms with Crippen molar-refractivity contribution in [3.8, 4) is 5.75 Å². The Bertz CT molecular complexity index is 764. The lowest BCUT2D eigenvalue weighted by atomic mass is 9.90. The zero-order valence-corrected chi connectivity index (χ0v) is 15.8. The molecule has 2 aromatic carbocycles. The maximum Gasteiger partial charge on any atom is 0.119 e. The third kappa shape index (κ3) is 4.45. The zero-order chi connectivity index (χ0) is 19.6. The fourth-order valence-corrected chi connectivity index (χ4v) is 3.41. The van der Waals surface area contributed by atoms with Crippen molar-refractivity contribution < 1.29 is 24.8 Å². The predicted octanol–water partition coefficient (Wildman–Crippen LogP) is 2.69. The Morgan fingerprint density at radius 2 is 1.74 bits per heavy atom. The lowest BCUT2D eigenvalue weighted by Gasteiger charge is -2.39. The quantitative estimate of drug-likeness (QED) is 0.730. The van der Waals surface area contributed by atoms with E-state index in [-0.39, 0.29) is 0 Å². The highest BCUT2D eigenvalue weighted by Crippen LogP contribution is 2.34. The molecule has 0 amide bonds. The van der Waals surface area contributed by atoms with Crippen molar-refractivity contribution in [3.05, 3.63) is 71.1 Å². The molecule has 0 aliphatic carbocycles. The van der Waals surface area contributed by atoms with Crippen molar-refractivity contribution in [2.75, 3.05) is 6.61 Å². The monoisotopic (exact) mass is 391 g/mol. The van der Waals surface area contributed by atoms with Gasteiger partial charge in [-0.25, -0.2) is 0 Å². The fourth-order valence-electron chi connectivity index (χ4n) is 3.22. The number of ether oxygens (including phenoxy) is 2. The maximum atomic E-state index is 10.3. The molecule has 1 aliphatic heterocycles. The Balaban J connectivity index is 1.82. The van der Waals surface area contributed by atoms with Crippen molar-refractivity contribution in [2.45, 2.75) is 43.9 Å². The summed E-state index contributed by atoms with van der Waals surface area (Å²) >= 11 is 6.35. The highest BCUT2D eigenvalue weighted by Gasteiger charge is 2.42. The highest BCUT2D eigenvalue weighted by molar-refractivity contribution is 6.31. The van der Waals surface area contributed by atoms with E-state index in [1.165, 1.54) is 0 Å². The van der Waals surface area contributed by atoms with Gasteiger partial charge < -0.3 is 24.8 Å². The summed E-state index contributed by atoms with van der Waals surface area (Å²) in [6.07, 6.45) is -4.83. The molecule has 27 heavy (non-hydrogen) atoms. The van der Waals surface area contributed by atoms with E-state index in [4.69, 9.17) is 21.1 Å². The molecular weight excluding hydrogens is 368 g/mol. The molecule has 0 unspecified atom stereocenters. The second-order valence-electron chi connectivity index (χ2n) is 6.67. The fraction of sp³-hybridized carbons (Fsp3) is 0.381. The van der Waals surface area contributed by atoms with Crippen molar-refractivity contribution in [3.63, 3.8) is 0 Å². The normalized spacial score (nSPS) is 28.1. The molecule has 5 atom stereocenters. The van der Waals surface area contributed by atoms with E-state index in [1.807, 2.05) is 37.3 Å². The molecule has 3 rings (SSSR count). The molecule has 1 radical (unpaired) electrons. The molecule has 1 heterocycles. The highest BCUT2D eigenvalue weighted by atomic mass is 35.5. The van der Waals surface area contributed by atoms with Gasteiger partial charge in [-0.1, -0.05) is 35.9 Å². The van der Waals surface area contributed by atoms with Gasteiger partial charge in [0, 0.05) is 5.02 Å². The summed E-state index contributed by atoms with van der Waals surface area (Å²) in [4.78, 5) is 0. The summed E-state index contributed by atoms with van der Waals surface area (Å²) in [5.41, 5.74) is 2.61. The Kier molecular flexibility index (Phi) is 6.40. The molecule has 1 saturated heterocycles. The molecule has 1 fully saturated rings. The number of aliphatic hydroxyl groups excluding tert-OH is 3. The van der Waals surface area contributed by atoms with E-state index in [9.17, 15) is 15.3 Å². The summed E-state index contributed by atoms with van der Waals surface area (Å²) < 4.78 is 11.1. The minimum absolute atomic E-state index is 0.598. The number of benzene rings is 2. The Morgan fingerprint density at radius 3 is 2.41 bits per heavy atom. The first kappa shape index (κ1) is 20.1. The number of halogens is 1. The van der Waals surface area contributed by atoms with Gasteiger partial charge in [0.2, 0.25) is 0 Å². The van der Waals surface area contributed by atoms with Crippen LogP contribution < -0.4 is 4.74 Å². The van der Waals surface area contributed by atoms with E-state index in [0.29, 0.717) is 23.6 Å². The van der Waals surface area contributed by atoms with Crippen molar-refractivity contribution in [2.24, 2.45) is 0 Å². The molecule has 2 aromatic rings. The molecule has 0 aromatic heterocycles. The van der Waals surface area contributed by atoms with Gasteiger partial charge in [0.25, 0.3) is 0 Å². The van der Waals surface area contributed by atoms with Crippen LogP contribution in [0.3, 0.4) is 0 Å². The van der Waals surface area contributed by atoms with Crippen LogP contribution in [0.5, 0.6) is 5.75 Å². The van der Waals surface area contributed by atoms with Crippen molar-refractivity contribution in [1.29, 1.82) is 0 Å². The zero-order valence-electron chi connectivity index (χ0n) is 15.1.